The van der Waals surface area contributed by atoms with E-state index in [0.29, 0.717) is 22.3 Å². The van der Waals surface area contributed by atoms with Crippen molar-refractivity contribution in [1.82, 2.24) is 25.1 Å². The topological polar surface area (TPSA) is 81.9 Å². The second-order valence-electron chi connectivity index (χ2n) is 8.14. The molecule has 1 N–H and O–H groups in total. The molecular formula is C24H25N5O2S. The van der Waals surface area contributed by atoms with Crippen molar-refractivity contribution in [3.05, 3.63) is 83.9 Å². The van der Waals surface area contributed by atoms with Crippen molar-refractivity contribution in [3.63, 3.8) is 0 Å². The smallest absolute Gasteiger partial charge is 0.397 e. The molecular weight excluding hydrogens is 422 g/mol. The van der Waals surface area contributed by atoms with Crippen LogP contribution in [0.25, 0.3) is 10.7 Å². The van der Waals surface area contributed by atoms with E-state index in [4.69, 9.17) is 9.84 Å². The van der Waals surface area contributed by atoms with Gasteiger partial charge in [0.15, 0.2) is 0 Å². The minimum Gasteiger partial charge on any atom is -0.397 e. The molecule has 0 spiro atoms. The van der Waals surface area contributed by atoms with Crippen LogP contribution in [0, 0.1) is 6.92 Å². The Labute approximate surface area is 191 Å². The lowest BCUT2D eigenvalue weighted by molar-refractivity contribution is 0.201. The Kier molecular flexibility index (Phi) is 6.32. The van der Waals surface area contributed by atoms with Crippen LogP contribution in [0.1, 0.15) is 30.7 Å². The number of thiazole rings is 1. The molecule has 8 heteroatoms. The maximum Gasteiger partial charge on any atom is 0.413 e. The fraction of sp³-hybridized carbons (Fsp3) is 0.250. The van der Waals surface area contributed by atoms with Crippen molar-refractivity contribution >= 4 is 17.4 Å². The van der Waals surface area contributed by atoms with E-state index >= 15 is 0 Å². The number of nitrogens with zero attached hydrogens (tertiary/aromatic N) is 4. The van der Waals surface area contributed by atoms with E-state index in [1.807, 2.05) is 42.1 Å². The number of rotatable bonds is 7. The molecule has 0 bridgehead atoms. The number of ether oxygens (including phenoxy) is 1. The third-order valence-electron chi connectivity index (χ3n) is 5.07. The third-order valence-corrected chi connectivity index (χ3v) is 6.13. The highest BCUT2D eigenvalue weighted by atomic mass is 32.1. The quantitative estimate of drug-likeness (QED) is 0.432. The van der Waals surface area contributed by atoms with E-state index in [2.05, 4.69) is 53.4 Å². The van der Waals surface area contributed by atoms with Crippen LogP contribution in [0.5, 0.6) is 5.06 Å². The minimum atomic E-state index is -0.526. The van der Waals surface area contributed by atoms with Gasteiger partial charge in [-0.25, -0.2) is 9.78 Å². The Morgan fingerprint density at radius 2 is 1.97 bits per heavy atom. The number of carbonyl (C=O) groups is 1. The maximum absolute atomic E-state index is 12.2. The van der Waals surface area contributed by atoms with Gasteiger partial charge >= 0.3 is 6.09 Å². The van der Waals surface area contributed by atoms with E-state index in [0.717, 1.165) is 17.8 Å². The Morgan fingerprint density at radius 3 is 2.72 bits per heavy atom. The first kappa shape index (κ1) is 21.7. The summed E-state index contributed by atoms with van der Waals surface area (Å²) in [4.78, 5) is 20.8. The number of benzene rings is 1. The molecule has 4 aromatic rings. The van der Waals surface area contributed by atoms with Gasteiger partial charge in [-0.1, -0.05) is 61.6 Å². The molecule has 0 aliphatic rings. The summed E-state index contributed by atoms with van der Waals surface area (Å²) in [7, 11) is 0. The molecule has 3 heterocycles. The Bertz CT molecular complexity index is 1190. The van der Waals surface area contributed by atoms with Crippen LogP contribution >= 0.6 is 11.3 Å². The van der Waals surface area contributed by atoms with Crippen LogP contribution in [0.15, 0.2) is 67.1 Å². The molecule has 0 unspecified atom stereocenters. The van der Waals surface area contributed by atoms with E-state index < -0.39 is 6.09 Å². The fourth-order valence-corrected chi connectivity index (χ4v) is 4.22. The molecule has 0 aliphatic heterocycles. The van der Waals surface area contributed by atoms with E-state index in [1.54, 1.807) is 12.4 Å². The van der Waals surface area contributed by atoms with Crippen molar-refractivity contribution in [2.45, 2.75) is 39.3 Å². The van der Waals surface area contributed by atoms with E-state index in [-0.39, 0.29) is 5.41 Å². The average molecular weight is 448 g/mol. The summed E-state index contributed by atoms with van der Waals surface area (Å²) in [6.45, 7) is 7.31. The molecule has 0 saturated heterocycles. The van der Waals surface area contributed by atoms with Gasteiger partial charge in [0.25, 0.3) is 0 Å². The maximum atomic E-state index is 12.2. The van der Waals surface area contributed by atoms with Gasteiger partial charge in [0.2, 0.25) is 5.06 Å². The zero-order valence-electron chi connectivity index (χ0n) is 18.3. The summed E-state index contributed by atoms with van der Waals surface area (Å²) in [5.74, 6) is 0. The lowest BCUT2D eigenvalue weighted by Gasteiger charge is -2.25. The molecule has 164 valence electrons. The number of pyridine rings is 1. The Balaban J connectivity index is 1.40. The van der Waals surface area contributed by atoms with Gasteiger partial charge in [-0.15, -0.1) is 0 Å². The summed E-state index contributed by atoms with van der Waals surface area (Å²) in [5, 5.41) is 8.61. The average Bonchev–Trinajstić information content (AvgIpc) is 3.40. The fourth-order valence-electron chi connectivity index (χ4n) is 3.33. The Hall–Kier alpha value is -3.52. The SMILES string of the molecule is Cc1nc(-c2ccn(CC(C)(C)c3ccccc3)n2)sc1OC(=O)NCc1cccnc1. The zero-order valence-corrected chi connectivity index (χ0v) is 19.1. The first-order chi connectivity index (χ1) is 15.4. The van der Waals surface area contributed by atoms with Crippen LogP contribution in [0.3, 0.4) is 0 Å². The minimum absolute atomic E-state index is 0.0655. The van der Waals surface area contributed by atoms with Crippen LogP contribution < -0.4 is 10.1 Å². The van der Waals surface area contributed by atoms with Crippen molar-refractivity contribution in [3.8, 4) is 15.8 Å². The molecule has 0 atom stereocenters. The van der Waals surface area contributed by atoms with Gasteiger partial charge in [0, 0.05) is 30.6 Å². The largest absolute Gasteiger partial charge is 0.413 e. The standard InChI is InChI=1S/C24H25N5O2S/c1-17-22(31-23(30)26-15-18-8-7-12-25-14-18)32-21(27-17)20-11-13-29(28-20)16-24(2,3)19-9-5-4-6-10-19/h4-14H,15-16H2,1-3H3,(H,26,30). The van der Waals surface area contributed by atoms with E-state index in [1.165, 1.54) is 16.9 Å². The van der Waals surface area contributed by atoms with Crippen molar-refractivity contribution in [2.24, 2.45) is 0 Å². The number of aryl methyl sites for hydroxylation is 1. The van der Waals surface area contributed by atoms with Crippen molar-refractivity contribution in [2.75, 3.05) is 0 Å². The highest BCUT2D eigenvalue weighted by Crippen LogP contribution is 2.33. The monoisotopic (exact) mass is 447 g/mol. The first-order valence-electron chi connectivity index (χ1n) is 10.3. The number of hydrogen-bond acceptors (Lipinski definition) is 6. The van der Waals surface area contributed by atoms with Gasteiger partial charge in [-0.2, -0.15) is 5.10 Å². The predicted molar refractivity (Wildman–Crippen MR) is 125 cm³/mol. The summed E-state index contributed by atoms with van der Waals surface area (Å²) < 4.78 is 7.40. The van der Waals surface area contributed by atoms with Crippen molar-refractivity contribution in [1.29, 1.82) is 0 Å². The number of aromatic nitrogens is 4. The molecule has 0 radical (unpaired) electrons. The molecule has 0 aliphatic carbocycles. The van der Waals surface area contributed by atoms with Crippen LogP contribution in [-0.4, -0.2) is 25.8 Å². The normalized spacial score (nSPS) is 11.3. The molecule has 7 nitrogen and oxygen atoms in total. The molecule has 0 saturated carbocycles. The first-order valence-corrected chi connectivity index (χ1v) is 11.1. The molecule has 32 heavy (non-hydrogen) atoms. The predicted octanol–water partition coefficient (Wildman–Crippen LogP) is 4.98. The third kappa shape index (κ3) is 5.20. The summed E-state index contributed by atoms with van der Waals surface area (Å²) in [6, 6.07) is 16.0. The number of carbonyl (C=O) groups excluding carboxylic acids is 1. The number of amides is 1. The van der Waals surface area contributed by atoms with Crippen LogP contribution in [0.2, 0.25) is 0 Å². The van der Waals surface area contributed by atoms with Gasteiger partial charge in [0.05, 0.1) is 12.2 Å². The van der Waals surface area contributed by atoms with E-state index in [9.17, 15) is 4.79 Å². The molecule has 1 aromatic carbocycles. The van der Waals surface area contributed by atoms with Crippen LogP contribution in [-0.2, 0) is 18.5 Å². The van der Waals surface area contributed by atoms with Crippen molar-refractivity contribution < 1.29 is 9.53 Å². The molecule has 4 rings (SSSR count). The lowest BCUT2D eigenvalue weighted by atomic mass is 9.85. The molecule has 1 amide bonds. The molecule has 0 fully saturated rings. The van der Waals surface area contributed by atoms with Crippen LogP contribution in [0.4, 0.5) is 4.79 Å². The summed E-state index contributed by atoms with van der Waals surface area (Å²) >= 11 is 1.31. The van der Waals surface area contributed by atoms with Gasteiger partial charge in [-0.3, -0.25) is 9.67 Å². The van der Waals surface area contributed by atoms with Gasteiger partial charge < -0.3 is 10.1 Å². The van der Waals surface area contributed by atoms with Gasteiger partial charge in [0.1, 0.15) is 10.7 Å². The number of nitrogens with one attached hydrogen (secondary N) is 1. The number of hydrogen-bond donors (Lipinski definition) is 1. The molecule has 3 aromatic heterocycles. The lowest BCUT2D eigenvalue weighted by Crippen LogP contribution is -2.26. The summed E-state index contributed by atoms with van der Waals surface area (Å²) in [6.07, 6.45) is 4.82. The highest BCUT2D eigenvalue weighted by molar-refractivity contribution is 7.17. The van der Waals surface area contributed by atoms with Gasteiger partial charge in [-0.05, 0) is 30.2 Å². The second kappa shape index (κ2) is 9.32. The zero-order chi connectivity index (χ0) is 22.6. The Morgan fingerprint density at radius 1 is 1.16 bits per heavy atom. The second-order valence-corrected chi connectivity index (χ2v) is 9.11. The summed E-state index contributed by atoms with van der Waals surface area (Å²) in [5.41, 5.74) is 3.50. The highest BCUT2D eigenvalue weighted by Gasteiger charge is 2.22.